The number of hydrogen-bond donors (Lipinski definition) is 1. The molecule has 0 spiro atoms. The van der Waals surface area contributed by atoms with Crippen molar-refractivity contribution in [3.05, 3.63) is 306 Å². The van der Waals surface area contributed by atoms with E-state index in [0.717, 1.165) is 79.2 Å². The van der Waals surface area contributed by atoms with Crippen molar-refractivity contribution >= 4 is 35.4 Å². The Morgan fingerprint density at radius 2 is 0.786 bits per heavy atom. The van der Waals surface area contributed by atoms with E-state index in [4.69, 9.17) is 5.73 Å². The van der Waals surface area contributed by atoms with Crippen LogP contribution in [-0.4, -0.2) is 115 Å². The van der Waals surface area contributed by atoms with Gasteiger partial charge in [-0.25, -0.2) is 24.1 Å². The van der Waals surface area contributed by atoms with Crippen LogP contribution in [0.5, 0.6) is 0 Å². The molecule has 6 aromatic carbocycles. The van der Waals surface area contributed by atoms with E-state index in [1.54, 1.807) is 104 Å². The topological polar surface area (TPSA) is 227 Å². The van der Waals surface area contributed by atoms with Crippen LogP contribution in [0, 0.1) is 20.8 Å². The van der Waals surface area contributed by atoms with Crippen LogP contribution in [0.3, 0.4) is 0 Å². The summed E-state index contributed by atoms with van der Waals surface area (Å²) in [7, 11) is 0. The molecule has 5 aromatic heterocycles. The minimum atomic E-state index is -0.581. The Morgan fingerprint density at radius 1 is 0.429 bits per heavy atom. The SMILES string of the molecule is CC.CC.Cc1c[n+](C(c2ccccc2)(c2ccccc2)c2ccccc2)cn1CCCN1C(=O)c2ccccc2C1=O.Cc1cn(CCCN)cn1.Cc1cn(CCCN2C(=O)c3ccccc3C2=O)cn1.O=C1c2ccccc2C(=O)N1CCCn1ccnc1.[Na+].c1c[n-]cn1. The largest absolute Gasteiger partial charge is 1.00 e. The average Bonchev–Trinajstić information content (AvgIpc) is 1.11. The number of aryl methyl sites for hydroxylation is 7. The van der Waals surface area contributed by atoms with Crippen LogP contribution in [0.4, 0.5) is 0 Å². The van der Waals surface area contributed by atoms with Gasteiger partial charge in [0.1, 0.15) is 11.9 Å². The third-order valence-corrected chi connectivity index (χ3v) is 16.1. The van der Waals surface area contributed by atoms with Gasteiger partial charge in [-0.05, 0) is 76.1 Å². The van der Waals surface area contributed by atoms with Crippen molar-refractivity contribution in [1.29, 1.82) is 0 Å². The van der Waals surface area contributed by atoms with Gasteiger partial charge in [0.15, 0.2) is 5.54 Å². The third kappa shape index (κ3) is 18.4. The van der Waals surface area contributed by atoms with E-state index in [1.165, 1.54) is 21.0 Å². The van der Waals surface area contributed by atoms with Crippen molar-refractivity contribution in [2.75, 3.05) is 26.2 Å². The molecule has 0 radical (unpaired) electrons. The molecule has 6 amide bonds. The van der Waals surface area contributed by atoms with Crippen LogP contribution in [-0.2, 0) is 31.7 Å². The van der Waals surface area contributed by atoms with Crippen molar-refractivity contribution in [3.63, 3.8) is 0 Å². The van der Waals surface area contributed by atoms with Crippen molar-refractivity contribution in [1.82, 2.24) is 57.9 Å². The van der Waals surface area contributed by atoms with Gasteiger partial charge in [-0.1, -0.05) is 174 Å². The van der Waals surface area contributed by atoms with Gasteiger partial charge in [-0.3, -0.25) is 43.5 Å². The van der Waals surface area contributed by atoms with Gasteiger partial charge in [-0.15, -0.1) is 0 Å². The minimum absolute atomic E-state index is 0. The Bertz CT molecular complexity index is 4060. The first kappa shape index (κ1) is 75.1. The molecular formula is C77H86N14NaO6+. The number of nitrogens with two attached hydrogens (primary N) is 1. The van der Waals surface area contributed by atoms with Crippen LogP contribution in [0.2, 0.25) is 0 Å². The maximum absolute atomic E-state index is 12.8. The summed E-state index contributed by atoms with van der Waals surface area (Å²) in [5.74, 6) is -1.16. The molecule has 11 aromatic rings. The summed E-state index contributed by atoms with van der Waals surface area (Å²) < 4.78 is 10.5. The molecule has 8 heterocycles. The van der Waals surface area contributed by atoms with Crippen LogP contribution in [0.15, 0.2) is 239 Å². The van der Waals surface area contributed by atoms with E-state index in [-0.39, 0.29) is 65.0 Å². The number of carbonyl (C=O) groups excluding carboxylic acids is 6. The molecule has 2 N–H and O–H groups in total. The number of carbonyl (C=O) groups is 6. The van der Waals surface area contributed by atoms with E-state index in [0.29, 0.717) is 66.0 Å². The summed E-state index contributed by atoms with van der Waals surface area (Å²) in [6.45, 7) is 19.2. The van der Waals surface area contributed by atoms with Crippen molar-refractivity contribution < 1.29 is 62.9 Å². The molecule has 500 valence electrons. The Kier molecular flexibility index (Phi) is 29.0. The van der Waals surface area contributed by atoms with Crippen LogP contribution >= 0.6 is 0 Å². The fourth-order valence-corrected chi connectivity index (χ4v) is 11.6. The van der Waals surface area contributed by atoms with Gasteiger partial charge < -0.3 is 29.4 Å². The van der Waals surface area contributed by atoms with E-state index in [1.807, 2.05) is 93.8 Å². The molecule has 0 unspecified atom stereocenters. The third-order valence-electron chi connectivity index (χ3n) is 16.1. The number of rotatable bonds is 19. The molecule has 0 bridgehead atoms. The molecular weight excluding hydrogens is 1240 g/mol. The number of benzene rings is 6. The second-order valence-electron chi connectivity index (χ2n) is 22.4. The van der Waals surface area contributed by atoms with Crippen LogP contribution in [0.1, 0.15) is 149 Å². The number of aromatic nitrogens is 10. The minimum Gasteiger partial charge on any atom is -0.450 e. The molecule has 0 aliphatic carbocycles. The molecule has 0 atom stereocenters. The van der Waals surface area contributed by atoms with Gasteiger partial charge in [0.05, 0.1) is 70.3 Å². The zero-order valence-corrected chi connectivity index (χ0v) is 59.3. The van der Waals surface area contributed by atoms with E-state index in [9.17, 15) is 28.8 Å². The number of nitrogens with zero attached hydrogens (tertiary/aromatic N) is 13. The number of imidazole rings is 5. The Labute approximate surface area is 596 Å². The Balaban J connectivity index is 0.000000193. The Morgan fingerprint density at radius 3 is 1.09 bits per heavy atom. The molecule has 98 heavy (non-hydrogen) atoms. The summed E-state index contributed by atoms with van der Waals surface area (Å²) in [6, 6.07) is 52.7. The summed E-state index contributed by atoms with van der Waals surface area (Å²) in [5, 5.41) is 0. The van der Waals surface area contributed by atoms with Crippen molar-refractivity contribution in [2.24, 2.45) is 5.73 Å². The number of amides is 6. The molecule has 0 saturated heterocycles. The molecule has 14 rings (SSSR count). The summed E-state index contributed by atoms with van der Waals surface area (Å²) in [5.41, 5.74) is 14.4. The predicted octanol–water partition coefficient (Wildman–Crippen LogP) is 8.69. The van der Waals surface area contributed by atoms with Gasteiger partial charge >= 0.3 is 29.6 Å². The summed E-state index contributed by atoms with van der Waals surface area (Å²) >= 11 is 0. The monoisotopic (exact) mass is 1330 g/mol. The van der Waals surface area contributed by atoms with E-state index >= 15 is 0 Å². The number of hydrogen-bond acceptors (Lipinski definition) is 11. The smallest absolute Gasteiger partial charge is 0.450 e. The fraction of sp³-hybridized carbons (Fsp3) is 0.260. The van der Waals surface area contributed by atoms with Crippen LogP contribution < -0.4 is 44.8 Å². The maximum Gasteiger partial charge on any atom is 1.00 e. The fourth-order valence-electron chi connectivity index (χ4n) is 11.6. The molecule has 21 heteroatoms. The van der Waals surface area contributed by atoms with Gasteiger partial charge in [0, 0.05) is 94.1 Å². The molecule has 3 aliphatic heterocycles. The zero-order chi connectivity index (χ0) is 69.1. The van der Waals surface area contributed by atoms with E-state index < -0.39 is 5.54 Å². The molecule has 0 fully saturated rings. The molecule has 20 nitrogen and oxygen atoms in total. The van der Waals surface area contributed by atoms with Gasteiger partial charge in [0.25, 0.3) is 35.4 Å². The van der Waals surface area contributed by atoms with Gasteiger partial charge in [0.2, 0.25) is 6.33 Å². The Hall–Kier alpha value is -10.3. The second-order valence-corrected chi connectivity index (χ2v) is 22.4. The number of fused-ring (bicyclic) bond motifs is 3. The maximum atomic E-state index is 12.8. The first-order valence-electron chi connectivity index (χ1n) is 33.0. The predicted molar refractivity (Wildman–Crippen MR) is 373 cm³/mol. The van der Waals surface area contributed by atoms with Crippen molar-refractivity contribution in [3.8, 4) is 0 Å². The van der Waals surface area contributed by atoms with Crippen molar-refractivity contribution in [2.45, 2.75) is 106 Å². The number of imide groups is 3. The van der Waals surface area contributed by atoms with Gasteiger partial charge in [-0.2, -0.15) is 0 Å². The summed E-state index contributed by atoms with van der Waals surface area (Å²) in [6.07, 6.45) is 25.1. The van der Waals surface area contributed by atoms with E-state index in [2.05, 4.69) is 131 Å². The first-order chi connectivity index (χ1) is 47.4. The average molecular weight is 1330 g/mol. The standard InChI is InChI=1S/C34H30N3O2.C15H15N3O2.C14H13N3O2.C7H13N3.C3H3N2.2C2H6.Na/c1-26-24-36(25-35(26)22-13-23-37-32(38)30-20-11-12-21-31(30)33(37)39)34(27-14-5-2-6-15-27,28-16-7-3-8-17-28)29-18-9-4-10-19-29;1-11-9-17(10-16-11)7-4-8-18-14(19)12-5-2-3-6-13(12)15(18)20;18-13-11-4-1-2-5-12(11)14(19)17(13)8-3-7-16-9-6-15-10-16;1-7-5-10(6-9-7)4-2-3-8;1-2-5-3-4-1;2*1-2;/h2-12,14-21,24-25H,13,22-23H2,1H3;2-3,5-6,9-10H,4,7-8H2,1H3;1-2,4-6,9-10H,3,7-8H2;5-6H,2-4,8H2,1H3;1-3H;2*1-2H3;/q+1;;;;-1;;;+1. The zero-order valence-electron chi connectivity index (χ0n) is 57.3. The first-order valence-corrected chi connectivity index (χ1v) is 33.0. The molecule has 0 saturated carbocycles. The van der Waals surface area contributed by atoms with Crippen LogP contribution in [0.25, 0.3) is 0 Å². The normalized spacial score (nSPS) is 12.3. The summed E-state index contributed by atoms with van der Waals surface area (Å²) in [4.78, 5) is 97.5. The second kappa shape index (κ2) is 37.9. The quantitative estimate of drug-likeness (QED) is 0.0347. The molecule has 3 aliphatic rings.